The Hall–Kier alpha value is -2.48. The molecule has 0 unspecified atom stereocenters. The monoisotopic (exact) mass is 279 g/mol. The van der Waals surface area contributed by atoms with Crippen LogP contribution >= 0.6 is 0 Å². The Morgan fingerprint density at radius 3 is 2.95 bits per heavy atom. The molecule has 0 aliphatic heterocycles. The number of halogens is 1. The van der Waals surface area contributed by atoms with Crippen molar-refractivity contribution in [3.05, 3.63) is 46.9 Å². The lowest BCUT2D eigenvalue weighted by Gasteiger charge is -2.08. The standard InChI is InChI=1S/C12H14FN5O2/c1-7-16-11(18-20-7)6-15-5-8-2-3-9(13)4-10(8)12(14)17-19/h2-4,15,19H,5-6H2,1H3,(H2,14,17). The molecule has 0 amide bonds. The predicted molar refractivity (Wildman–Crippen MR) is 68.5 cm³/mol. The smallest absolute Gasteiger partial charge is 0.223 e. The summed E-state index contributed by atoms with van der Waals surface area (Å²) in [7, 11) is 0. The maximum absolute atomic E-state index is 13.2. The van der Waals surface area contributed by atoms with E-state index in [9.17, 15) is 4.39 Å². The summed E-state index contributed by atoms with van der Waals surface area (Å²) in [4.78, 5) is 4.04. The van der Waals surface area contributed by atoms with Crippen LogP contribution in [0, 0.1) is 12.7 Å². The number of nitrogens with zero attached hydrogens (tertiary/aromatic N) is 3. The summed E-state index contributed by atoms with van der Waals surface area (Å²) < 4.78 is 18.0. The van der Waals surface area contributed by atoms with E-state index < -0.39 is 5.82 Å². The topological polar surface area (TPSA) is 110 Å². The molecule has 1 aromatic carbocycles. The molecule has 0 fully saturated rings. The molecule has 0 aliphatic rings. The van der Waals surface area contributed by atoms with Crippen LogP contribution in [-0.4, -0.2) is 21.2 Å². The molecular formula is C12H14FN5O2. The van der Waals surface area contributed by atoms with E-state index in [0.29, 0.717) is 35.9 Å². The molecule has 7 nitrogen and oxygen atoms in total. The molecule has 0 radical (unpaired) electrons. The van der Waals surface area contributed by atoms with Crippen molar-refractivity contribution in [1.82, 2.24) is 15.5 Å². The van der Waals surface area contributed by atoms with Crippen molar-refractivity contribution in [2.75, 3.05) is 0 Å². The Bertz CT molecular complexity index is 626. The largest absolute Gasteiger partial charge is 0.409 e. The first kappa shape index (κ1) is 13.9. The van der Waals surface area contributed by atoms with Gasteiger partial charge in [0.15, 0.2) is 11.7 Å². The highest BCUT2D eigenvalue weighted by molar-refractivity contribution is 5.98. The summed E-state index contributed by atoms with van der Waals surface area (Å²) in [6, 6.07) is 4.09. The molecule has 0 aliphatic carbocycles. The van der Waals surface area contributed by atoms with Crippen LogP contribution in [0.1, 0.15) is 22.8 Å². The number of amidine groups is 1. The lowest BCUT2D eigenvalue weighted by molar-refractivity contribution is 0.318. The summed E-state index contributed by atoms with van der Waals surface area (Å²) in [6.45, 7) is 2.48. The van der Waals surface area contributed by atoms with Crippen molar-refractivity contribution in [3.8, 4) is 0 Å². The van der Waals surface area contributed by atoms with Gasteiger partial charge in [-0.25, -0.2) is 4.39 Å². The van der Waals surface area contributed by atoms with Crippen molar-refractivity contribution in [2.45, 2.75) is 20.0 Å². The zero-order valence-electron chi connectivity index (χ0n) is 10.8. The van der Waals surface area contributed by atoms with E-state index in [0.717, 1.165) is 0 Å². The molecule has 106 valence electrons. The Balaban J connectivity index is 2.05. The molecular weight excluding hydrogens is 265 g/mol. The van der Waals surface area contributed by atoms with Gasteiger partial charge in [0.1, 0.15) is 5.82 Å². The summed E-state index contributed by atoms with van der Waals surface area (Å²) in [5.74, 6) is 0.414. The molecule has 0 spiro atoms. The van der Waals surface area contributed by atoms with Crippen molar-refractivity contribution in [3.63, 3.8) is 0 Å². The third kappa shape index (κ3) is 3.29. The summed E-state index contributed by atoms with van der Waals surface area (Å²) in [5, 5.41) is 18.4. The minimum absolute atomic E-state index is 0.142. The van der Waals surface area contributed by atoms with Gasteiger partial charge in [-0.05, 0) is 17.7 Å². The summed E-state index contributed by atoms with van der Waals surface area (Å²) in [6.07, 6.45) is 0. The molecule has 0 atom stereocenters. The first-order valence-corrected chi connectivity index (χ1v) is 5.86. The molecule has 2 aromatic rings. The van der Waals surface area contributed by atoms with Gasteiger partial charge in [0.25, 0.3) is 0 Å². The first-order chi connectivity index (χ1) is 9.60. The predicted octanol–water partition coefficient (Wildman–Crippen LogP) is 0.901. The normalized spacial score (nSPS) is 11.8. The van der Waals surface area contributed by atoms with E-state index in [1.165, 1.54) is 12.1 Å². The van der Waals surface area contributed by atoms with E-state index in [-0.39, 0.29) is 5.84 Å². The van der Waals surface area contributed by atoms with Crippen LogP contribution in [-0.2, 0) is 13.1 Å². The number of rotatable bonds is 5. The van der Waals surface area contributed by atoms with Crippen LogP contribution in [0.2, 0.25) is 0 Å². The summed E-state index contributed by atoms with van der Waals surface area (Å²) in [5.41, 5.74) is 6.55. The Morgan fingerprint density at radius 2 is 2.30 bits per heavy atom. The van der Waals surface area contributed by atoms with E-state index in [1.54, 1.807) is 13.0 Å². The number of benzene rings is 1. The Kier molecular flexibility index (Phi) is 4.26. The van der Waals surface area contributed by atoms with Crippen molar-refractivity contribution in [2.24, 2.45) is 10.9 Å². The number of oxime groups is 1. The second-order valence-corrected chi connectivity index (χ2v) is 4.12. The van der Waals surface area contributed by atoms with Gasteiger partial charge in [0, 0.05) is 19.0 Å². The third-order valence-electron chi connectivity index (χ3n) is 2.62. The van der Waals surface area contributed by atoms with Crippen molar-refractivity contribution >= 4 is 5.84 Å². The van der Waals surface area contributed by atoms with Crippen LogP contribution < -0.4 is 11.1 Å². The highest BCUT2D eigenvalue weighted by Crippen LogP contribution is 2.11. The highest BCUT2D eigenvalue weighted by Gasteiger charge is 2.09. The van der Waals surface area contributed by atoms with E-state index in [1.807, 2.05) is 0 Å². The third-order valence-corrected chi connectivity index (χ3v) is 2.62. The molecule has 20 heavy (non-hydrogen) atoms. The molecule has 0 saturated heterocycles. The van der Waals surface area contributed by atoms with Crippen LogP contribution in [0.3, 0.4) is 0 Å². The Morgan fingerprint density at radius 1 is 1.50 bits per heavy atom. The van der Waals surface area contributed by atoms with Crippen molar-refractivity contribution in [1.29, 1.82) is 0 Å². The van der Waals surface area contributed by atoms with Crippen LogP contribution in [0.15, 0.2) is 27.9 Å². The van der Waals surface area contributed by atoms with Gasteiger partial charge in [-0.15, -0.1) is 0 Å². The molecule has 2 rings (SSSR count). The fourth-order valence-electron chi connectivity index (χ4n) is 1.72. The minimum Gasteiger partial charge on any atom is -0.409 e. The van der Waals surface area contributed by atoms with Crippen LogP contribution in [0.5, 0.6) is 0 Å². The van der Waals surface area contributed by atoms with E-state index >= 15 is 0 Å². The zero-order valence-corrected chi connectivity index (χ0v) is 10.8. The average Bonchev–Trinajstić information content (AvgIpc) is 2.85. The molecule has 0 saturated carbocycles. The lowest BCUT2D eigenvalue weighted by atomic mass is 10.1. The SMILES string of the molecule is Cc1nc(CNCc2ccc(F)cc2/C(N)=N/O)no1. The fraction of sp³-hybridized carbons (Fsp3) is 0.250. The van der Waals surface area contributed by atoms with Gasteiger partial charge in [0.2, 0.25) is 5.89 Å². The van der Waals surface area contributed by atoms with Gasteiger partial charge >= 0.3 is 0 Å². The van der Waals surface area contributed by atoms with E-state index in [2.05, 4.69) is 20.6 Å². The lowest BCUT2D eigenvalue weighted by Crippen LogP contribution is -2.20. The number of aromatic nitrogens is 2. The van der Waals surface area contributed by atoms with Gasteiger partial charge in [0.05, 0.1) is 6.54 Å². The first-order valence-electron chi connectivity index (χ1n) is 5.86. The number of nitrogens with one attached hydrogen (secondary N) is 1. The maximum atomic E-state index is 13.2. The van der Waals surface area contributed by atoms with Crippen LogP contribution in [0.4, 0.5) is 4.39 Å². The maximum Gasteiger partial charge on any atom is 0.223 e. The quantitative estimate of drug-likeness (QED) is 0.325. The van der Waals surface area contributed by atoms with Gasteiger partial charge in [-0.1, -0.05) is 16.4 Å². The molecule has 4 N–H and O–H groups in total. The molecule has 8 heteroatoms. The molecule has 1 heterocycles. The van der Waals surface area contributed by atoms with E-state index in [4.69, 9.17) is 15.5 Å². The number of hydrogen-bond acceptors (Lipinski definition) is 6. The number of hydrogen-bond donors (Lipinski definition) is 3. The summed E-state index contributed by atoms with van der Waals surface area (Å²) >= 11 is 0. The molecule has 1 aromatic heterocycles. The second kappa shape index (κ2) is 6.11. The zero-order chi connectivity index (χ0) is 14.5. The Labute approximate surface area is 114 Å². The second-order valence-electron chi connectivity index (χ2n) is 4.12. The average molecular weight is 279 g/mol. The highest BCUT2D eigenvalue weighted by atomic mass is 19.1. The van der Waals surface area contributed by atoms with Gasteiger partial charge in [-0.2, -0.15) is 4.98 Å². The van der Waals surface area contributed by atoms with Crippen molar-refractivity contribution < 1.29 is 14.1 Å². The van der Waals surface area contributed by atoms with Crippen LogP contribution in [0.25, 0.3) is 0 Å². The van der Waals surface area contributed by atoms with Gasteiger partial charge in [-0.3, -0.25) is 0 Å². The fourth-order valence-corrected chi connectivity index (χ4v) is 1.72. The molecule has 0 bridgehead atoms. The number of nitrogens with two attached hydrogens (primary N) is 1. The number of aryl methyl sites for hydroxylation is 1. The van der Waals surface area contributed by atoms with Gasteiger partial charge < -0.3 is 20.8 Å². The minimum atomic E-state index is -0.454.